The number of rotatable bonds is 6. The second kappa shape index (κ2) is 6.52. The van der Waals surface area contributed by atoms with Crippen LogP contribution in [0.5, 0.6) is 0 Å². The summed E-state index contributed by atoms with van der Waals surface area (Å²) in [6, 6.07) is 2.28. The number of aromatic nitrogens is 2. The molecular formula is C13H23N3O2S. The maximum Gasteiger partial charge on any atom is 0.156 e. The highest BCUT2D eigenvalue weighted by Gasteiger charge is 2.18. The van der Waals surface area contributed by atoms with Crippen LogP contribution in [0.1, 0.15) is 50.3 Å². The summed E-state index contributed by atoms with van der Waals surface area (Å²) in [7, 11) is -3.07. The van der Waals surface area contributed by atoms with Gasteiger partial charge in [0.2, 0.25) is 0 Å². The van der Waals surface area contributed by atoms with Gasteiger partial charge in [-0.3, -0.25) is 4.68 Å². The van der Waals surface area contributed by atoms with E-state index in [1.165, 1.54) is 19.3 Å². The molecule has 1 aliphatic carbocycles. The summed E-state index contributed by atoms with van der Waals surface area (Å²) in [5, 5.41) is 4.43. The van der Waals surface area contributed by atoms with Crippen molar-refractivity contribution in [2.75, 3.05) is 12.3 Å². The fraction of sp³-hybridized carbons (Fsp3) is 0.769. The van der Waals surface area contributed by atoms with Crippen molar-refractivity contribution in [3.8, 4) is 0 Å². The van der Waals surface area contributed by atoms with Gasteiger partial charge in [0.25, 0.3) is 0 Å². The highest BCUT2D eigenvalue weighted by Crippen LogP contribution is 2.27. The summed E-state index contributed by atoms with van der Waals surface area (Å²) < 4.78 is 25.6. The largest absolute Gasteiger partial charge is 0.330 e. The van der Waals surface area contributed by atoms with Gasteiger partial charge in [-0.05, 0) is 31.9 Å². The van der Waals surface area contributed by atoms with Crippen molar-refractivity contribution in [2.45, 2.75) is 50.3 Å². The molecule has 1 aromatic heterocycles. The van der Waals surface area contributed by atoms with E-state index in [0.29, 0.717) is 24.7 Å². The minimum absolute atomic E-state index is 0.0344. The molecule has 1 saturated carbocycles. The highest BCUT2D eigenvalue weighted by molar-refractivity contribution is 7.90. The third-order valence-electron chi connectivity index (χ3n) is 3.64. The summed E-state index contributed by atoms with van der Waals surface area (Å²) in [4.78, 5) is 0. The van der Waals surface area contributed by atoms with Crippen LogP contribution < -0.4 is 5.73 Å². The first kappa shape index (κ1) is 14.5. The Labute approximate surface area is 115 Å². The van der Waals surface area contributed by atoms with Crippen LogP contribution in [0.4, 0.5) is 0 Å². The molecule has 1 aromatic rings. The summed E-state index contributed by atoms with van der Waals surface area (Å²) >= 11 is 0. The van der Waals surface area contributed by atoms with Crippen LogP contribution in [0, 0.1) is 0 Å². The number of hydrogen-bond acceptors (Lipinski definition) is 4. The van der Waals surface area contributed by atoms with E-state index in [2.05, 4.69) is 5.10 Å². The van der Waals surface area contributed by atoms with Crippen molar-refractivity contribution in [1.29, 1.82) is 0 Å². The number of hydrogen-bond donors (Lipinski definition) is 1. The van der Waals surface area contributed by atoms with Crippen molar-refractivity contribution < 1.29 is 8.42 Å². The second-order valence-electron chi connectivity index (χ2n) is 5.31. The first-order chi connectivity index (χ1) is 9.11. The Balaban J connectivity index is 1.96. The van der Waals surface area contributed by atoms with Crippen LogP contribution in [-0.2, 0) is 15.6 Å². The highest BCUT2D eigenvalue weighted by atomic mass is 32.2. The lowest BCUT2D eigenvalue weighted by atomic mass is 9.96. The molecule has 0 bridgehead atoms. The zero-order valence-electron chi connectivity index (χ0n) is 11.3. The van der Waals surface area contributed by atoms with Crippen LogP contribution in [-0.4, -0.2) is 30.5 Å². The van der Waals surface area contributed by atoms with E-state index in [-0.39, 0.29) is 11.5 Å². The number of nitrogens with two attached hydrogens (primary N) is 1. The van der Waals surface area contributed by atoms with Gasteiger partial charge in [-0.15, -0.1) is 0 Å². The zero-order valence-corrected chi connectivity index (χ0v) is 12.1. The molecular weight excluding hydrogens is 262 g/mol. The standard InChI is InChI=1S/C13H23N3O2S/c14-8-4-10-19(17,18)11-12-7-9-16(15-12)13-5-2-1-3-6-13/h7,9,13H,1-6,8,10-11,14H2. The van der Waals surface area contributed by atoms with Crippen LogP contribution in [0.15, 0.2) is 12.3 Å². The Morgan fingerprint density at radius 2 is 2.05 bits per heavy atom. The van der Waals surface area contributed by atoms with E-state index >= 15 is 0 Å². The van der Waals surface area contributed by atoms with Gasteiger partial charge in [0.05, 0.1) is 23.2 Å². The Bertz CT molecular complexity index is 490. The van der Waals surface area contributed by atoms with Gasteiger partial charge in [-0.25, -0.2) is 8.42 Å². The first-order valence-electron chi connectivity index (χ1n) is 7.05. The number of nitrogens with zero attached hydrogens (tertiary/aromatic N) is 2. The van der Waals surface area contributed by atoms with E-state index < -0.39 is 9.84 Å². The topological polar surface area (TPSA) is 78.0 Å². The summed E-state index contributed by atoms with van der Waals surface area (Å²) in [6.07, 6.45) is 8.54. The molecule has 0 saturated heterocycles. The normalized spacial score (nSPS) is 17.7. The van der Waals surface area contributed by atoms with Gasteiger partial charge in [0.15, 0.2) is 9.84 Å². The number of sulfone groups is 1. The van der Waals surface area contributed by atoms with Gasteiger partial charge in [0, 0.05) is 6.20 Å². The lowest BCUT2D eigenvalue weighted by Gasteiger charge is -2.21. The van der Waals surface area contributed by atoms with Crippen molar-refractivity contribution >= 4 is 9.84 Å². The average molecular weight is 285 g/mol. The Morgan fingerprint density at radius 1 is 1.32 bits per heavy atom. The van der Waals surface area contributed by atoms with Crippen molar-refractivity contribution in [3.05, 3.63) is 18.0 Å². The predicted octanol–water partition coefficient (Wildman–Crippen LogP) is 1.65. The van der Waals surface area contributed by atoms with Crippen molar-refractivity contribution in [1.82, 2.24) is 9.78 Å². The van der Waals surface area contributed by atoms with E-state index in [1.54, 1.807) is 0 Å². The lowest BCUT2D eigenvalue weighted by Crippen LogP contribution is -2.15. The molecule has 0 spiro atoms. The Morgan fingerprint density at radius 3 is 2.74 bits per heavy atom. The maximum atomic E-state index is 11.8. The van der Waals surface area contributed by atoms with Gasteiger partial charge < -0.3 is 5.73 Å². The molecule has 1 aliphatic rings. The van der Waals surface area contributed by atoms with Crippen molar-refractivity contribution in [2.24, 2.45) is 5.73 Å². The molecule has 108 valence electrons. The Hall–Kier alpha value is -0.880. The first-order valence-corrected chi connectivity index (χ1v) is 8.87. The molecule has 0 aliphatic heterocycles. The fourth-order valence-electron chi connectivity index (χ4n) is 2.60. The van der Waals surface area contributed by atoms with E-state index in [9.17, 15) is 8.42 Å². The maximum absolute atomic E-state index is 11.8. The minimum Gasteiger partial charge on any atom is -0.330 e. The summed E-state index contributed by atoms with van der Waals surface area (Å²) in [5.41, 5.74) is 6.00. The third-order valence-corrected chi connectivity index (χ3v) is 5.29. The predicted molar refractivity (Wildman–Crippen MR) is 75.5 cm³/mol. The van der Waals surface area contributed by atoms with Crippen LogP contribution in [0.2, 0.25) is 0 Å². The quantitative estimate of drug-likeness (QED) is 0.862. The summed E-state index contributed by atoms with van der Waals surface area (Å²) in [6.45, 7) is 0.412. The van der Waals surface area contributed by atoms with E-state index in [0.717, 1.165) is 12.8 Å². The molecule has 6 heteroatoms. The monoisotopic (exact) mass is 285 g/mol. The van der Waals surface area contributed by atoms with Gasteiger partial charge in [-0.1, -0.05) is 19.3 Å². The molecule has 1 fully saturated rings. The molecule has 5 nitrogen and oxygen atoms in total. The lowest BCUT2D eigenvalue weighted by molar-refractivity contribution is 0.328. The molecule has 2 N–H and O–H groups in total. The van der Waals surface area contributed by atoms with Crippen LogP contribution >= 0.6 is 0 Å². The van der Waals surface area contributed by atoms with Crippen molar-refractivity contribution in [3.63, 3.8) is 0 Å². The van der Waals surface area contributed by atoms with E-state index in [1.807, 2.05) is 16.9 Å². The van der Waals surface area contributed by atoms with E-state index in [4.69, 9.17) is 5.73 Å². The van der Waals surface area contributed by atoms with Crippen LogP contribution in [0.25, 0.3) is 0 Å². The second-order valence-corrected chi connectivity index (χ2v) is 7.50. The molecule has 0 aromatic carbocycles. The van der Waals surface area contributed by atoms with Crippen LogP contribution in [0.3, 0.4) is 0 Å². The average Bonchev–Trinajstić information content (AvgIpc) is 2.85. The molecule has 1 heterocycles. The fourth-order valence-corrected chi connectivity index (χ4v) is 3.96. The molecule has 2 rings (SSSR count). The molecule has 0 unspecified atom stereocenters. The summed E-state index contributed by atoms with van der Waals surface area (Å²) in [5.74, 6) is 0.187. The molecule has 0 radical (unpaired) electrons. The smallest absolute Gasteiger partial charge is 0.156 e. The third kappa shape index (κ3) is 4.31. The minimum atomic E-state index is -3.07. The molecule has 19 heavy (non-hydrogen) atoms. The Kier molecular flexibility index (Phi) is 4.99. The van der Waals surface area contributed by atoms with Gasteiger partial charge in [-0.2, -0.15) is 5.10 Å². The zero-order chi connectivity index (χ0) is 13.7. The SMILES string of the molecule is NCCCS(=O)(=O)Cc1ccn(C2CCCCC2)n1. The van der Waals surface area contributed by atoms with Gasteiger partial charge in [0.1, 0.15) is 0 Å². The van der Waals surface area contributed by atoms with Gasteiger partial charge >= 0.3 is 0 Å². The molecule has 0 atom stereocenters. The molecule has 0 amide bonds.